The second-order valence-electron chi connectivity index (χ2n) is 4.33. The number of methoxy groups -OCH3 is 1. The van der Waals surface area contributed by atoms with Crippen LogP contribution in [0.5, 0.6) is 5.75 Å². The Labute approximate surface area is 97.6 Å². The fourth-order valence-corrected chi connectivity index (χ4v) is 2.00. The van der Waals surface area contributed by atoms with Crippen LogP contribution in [0.15, 0.2) is 18.2 Å². The fraction of sp³-hybridized carbons (Fsp3) is 0.571. The van der Waals surface area contributed by atoms with Gasteiger partial charge in [0.15, 0.2) is 0 Å². The fourth-order valence-electron chi connectivity index (χ4n) is 2.00. The van der Waals surface area contributed by atoms with Gasteiger partial charge in [-0.05, 0) is 48.4 Å². The molecule has 16 heavy (non-hydrogen) atoms. The summed E-state index contributed by atoms with van der Waals surface area (Å²) in [5.74, 6) is 1.78. The van der Waals surface area contributed by atoms with Gasteiger partial charge in [-0.3, -0.25) is 0 Å². The molecule has 1 aromatic rings. The van der Waals surface area contributed by atoms with E-state index in [9.17, 15) is 0 Å². The van der Waals surface area contributed by atoms with E-state index in [0.717, 1.165) is 18.1 Å². The molecule has 2 heteroatoms. The van der Waals surface area contributed by atoms with E-state index in [-0.39, 0.29) is 0 Å². The molecule has 0 amide bonds. The van der Waals surface area contributed by atoms with E-state index >= 15 is 0 Å². The highest BCUT2D eigenvalue weighted by atomic mass is 16.5. The van der Waals surface area contributed by atoms with Gasteiger partial charge in [0.2, 0.25) is 0 Å². The summed E-state index contributed by atoms with van der Waals surface area (Å²) in [7, 11) is 1.69. The molecule has 0 bridgehead atoms. The van der Waals surface area contributed by atoms with Crippen molar-refractivity contribution in [2.45, 2.75) is 32.1 Å². The highest BCUT2D eigenvalue weighted by Gasteiger charge is 2.25. The third-order valence-electron chi connectivity index (χ3n) is 3.07. The standard InChI is InChI=1S/C14H20O2/c1-3-11-6-7-13(16-9-8-15-2)10-14(11)12-4-5-12/h6-7,10,12H,3-5,8-9H2,1-2H3. The first-order chi connectivity index (χ1) is 7.85. The molecule has 1 aromatic carbocycles. The summed E-state index contributed by atoms with van der Waals surface area (Å²) in [5, 5.41) is 0. The first-order valence-electron chi connectivity index (χ1n) is 6.09. The van der Waals surface area contributed by atoms with Crippen LogP contribution < -0.4 is 4.74 Å². The van der Waals surface area contributed by atoms with Gasteiger partial charge in [0.1, 0.15) is 12.4 Å². The monoisotopic (exact) mass is 220 g/mol. The molecule has 0 aromatic heterocycles. The van der Waals surface area contributed by atoms with Gasteiger partial charge >= 0.3 is 0 Å². The van der Waals surface area contributed by atoms with Crippen molar-refractivity contribution in [3.63, 3.8) is 0 Å². The Hall–Kier alpha value is -1.02. The van der Waals surface area contributed by atoms with Gasteiger partial charge in [-0.25, -0.2) is 0 Å². The van der Waals surface area contributed by atoms with Crippen LogP contribution in [0.4, 0.5) is 0 Å². The summed E-state index contributed by atoms with van der Waals surface area (Å²) in [6.07, 6.45) is 3.80. The van der Waals surface area contributed by atoms with Crippen molar-refractivity contribution in [3.8, 4) is 5.75 Å². The minimum atomic E-state index is 0.631. The van der Waals surface area contributed by atoms with Crippen LogP contribution >= 0.6 is 0 Å². The molecule has 1 fully saturated rings. The maximum atomic E-state index is 5.64. The summed E-state index contributed by atoms with van der Waals surface area (Å²) >= 11 is 0. The number of hydrogen-bond donors (Lipinski definition) is 0. The van der Waals surface area contributed by atoms with E-state index in [4.69, 9.17) is 9.47 Å². The molecule has 2 nitrogen and oxygen atoms in total. The summed E-state index contributed by atoms with van der Waals surface area (Å²) in [5.41, 5.74) is 2.97. The molecule has 1 aliphatic carbocycles. The minimum Gasteiger partial charge on any atom is -0.491 e. The van der Waals surface area contributed by atoms with Crippen molar-refractivity contribution in [1.29, 1.82) is 0 Å². The number of rotatable bonds is 6. The Morgan fingerprint density at radius 2 is 2.06 bits per heavy atom. The molecule has 0 heterocycles. The Morgan fingerprint density at radius 1 is 1.25 bits per heavy atom. The van der Waals surface area contributed by atoms with E-state index in [1.54, 1.807) is 7.11 Å². The summed E-state index contributed by atoms with van der Waals surface area (Å²) < 4.78 is 10.6. The quantitative estimate of drug-likeness (QED) is 0.686. The predicted molar refractivity (Wildman–Crippen MR) is 65.2 cm³/mol. The number of aryl methyl sites for hydroxylation is 1. The zero-order valence-corrected chi connectivity index (χ0v) is 10.2. The lowest BCUT2D eigenvalue weighted by atomic mass is 10.0. The maximum Gasteiger partial charge on any atom is 0.119 e. The van der Waals surface area contributed by atoms with Crippen LogP contribution in [0.2, 0.25) is 0 Å². The van der Waals surface area contributed by atoms with Crippen LogP contribution in [0.1, 0.15) is 36.8 Å². The van der Waals surface area contributed by atoms with Crippen LogP contribution in [-0.4, -0.2) is 20.3 Å². The van der Waals surface area contributed by atoms with Crippen molar-refractivity contribution < 1.29 is 9.47 Å². The second kappa shape index (κ2) is 5.35. The van der Waals surface area contributed by atoms with Gasteiger partial charge in [-0.1, -0.05) is 13.0 Å². The van der Waals surface area contributed by atoms with Gasteiger partial charge in [0, 0.05) is 7.11 Å². The molecule has 0 unspecified atom stereocenters. The molecule has 2 rings (SSSR count). The van der Waals surface area contributed by atoms with Crippen molar-refractivity contribution in [2.24, 2.45) is 0 Å². The molecule has 0 aliphatic heterocycles. The van der Waals surface area contributed by atoms with Gasteiger partial charge in [0.05, 0.1) is 6.61 Å². The van der Waals surface area contributed by atoms with Crippen LogP contribution in [-0.2, 0) is 11.2 Å². The van der Waals surface area contributed by atoms with Gasteiger partial charge < -0.3 is 9.47 Å². The van der Waals surface area contributed by atoms with Crippen LogP contribution in [0.3, 0.4) is 0 Å². The second-order valence-corrected chi connectivity index (χ2v) is 4.33. The third kappa shape index (κ3) is 2.76. The molecule has 0 radical (unpaired) electrons. The third-order valence-corrected chi connectivity index (χ3v) is 3.07. The Balaban J connectivity index is 2.05. The molecule has 1 aliphatic rings. The van der Waals surface area contributed by atoms with Crippen LogP contribution in [0.25, 0.3) is 0 Å². The average Bonchev–Trinajstić information content (AvgIpc) is 3.13. The van der Waals surface area contributed by atoms with Crippen molar-refractivity contribution in [2.75, 3.05) is 20.3 Å². The molecular weight excluding hydrogens is 200 g/mol. The molecule has 0 atom stereocenters. The molecule has 0 N–H and O–H groups in total. The number of benzene rings is 1. The zero-order valence-electron chi connectivity index (χ0n) is 10.2. The van der Waals surface area contributed by atoms with E-state index in [0.29, 0.717) is 13.2 Å². The molecule has 88 valence electrons. The van der Waals surface area contributed by atoms with E-state index in [2.05, 4.69) is 25.1 Å². The molecule has 1 saturated carbocycles. The minimum absolute atomic E-state index is 0.631. The lowest BCUT2D eigenvalue weighted by Crippen LogP contribution is -2.04. The lowest BCUT2D eigenvalue weighted by Gasteiger charge is -2.11. The molecule has 0 spiro atoms. The predicted octanol–water partition coefficient (Wildman–Crippen LogP) is 3.15. The number of hydrogen-bond acceptors (Lipinski definition) is 2. The van der Waals surface area contributed by atoms with Crippen LogP contribution in [0, 0.1) is 0 Å². The topological polar surface area (TPSA) is 18.5 Å². The molecular formula is C14H20O2. The SMILES string of the molecule is CCc1ccc(OCCOC)cc1C1CC1. The van der Waals surface area contributed by atoms with Gasteiger partial charge in [-0.2, -0.15) is 0 Å². The highest BCUT2D eigenvalue weighted by molar-refractivity contribution is 5.39. The van der Waals surface area contributed by atoms with Gasteiger partial charge in [-0.15, -0.1) is 0 Å². The first-order valence-corrected chi connectivity index (χ1v) is 6.09. The Bertz CT molecular complexity index is 343. The highest BCUT2D eigenvalue weighted by Crippen LogP contribution is 2.42. The smallest absolute Gasteiger partial charge is 0.119 e. The first kappa shape index (κ1) is 11.5. The summed E-state index contributed by atoms with van der Waals surface area (Å²) in [4.78, 5) is 0. The molecule has 0 saturated heterocycles. The van der Waals surface area contributed by atoms with Crippen molar-refractivity contribution in [3.05, 3.63) is 29.3 Å². The Morgan fingerprint density at radius 3 is 2.69 bits per heavy atom. The summed E-state index contributed by atoms with van der Waals surface area (Å²) in [6, 6.07) is 6.49. The normalized spacial score (nSPS) is 15.1. The number of ether oxygens (including phenoxy) is 2. The van der Waals surface area contributed by atoms with Gasteiger partial charge in [0.25, 0.3) is 0 Å². The average molecular weight is 220 g/mol. The van der Waals surface area contributed by atoms with E-state index in [1.165, 1.54) is 24.0 Å². The summed E-state index contributed by atoms with van der Waals surface area (Å²) in [6.45, 7) is 3.49. The Kier molecular flexibility index (Phi) is 3.83. The van der Waals surface area contributed by atoms with E-state index in [1.807, 2.05) is 0 Å². The van der Waals surface area contributed by atoms with Crippen molar-refractivity contribution >= 4 is 0 Å². The maximum absolute atomic E-state index is 5.64. The zero-order chi connectivity index (χ0) is 11.4. The van der Waals surface area contributed by atoms with E-state index < -0.39 is 0 Å². The lowest BCUT2D eigenvalue weighted by molar-refractivity contribution is 0.146. The van der Waals surface area contributed by atoms with Crippen molar-refractivity contribution in [1.82, 2.24) is 0 Å². The largest absolute Gasteiger partial charge is 0.491 e.